The number of nitrogens with one attached hydrogen (secondary N) is 2. The highest BCUT2D eigenvalue weighted by molar-refractivity contribution is 7.09. The summed E-state index contributed by atoms with van der Waals surface area (Å²) >= 11 is 1.00. The van der Waals surface area contributed by atoms with Crippen LogP contribution in [0, 0.1) is 0 Å². The highest BCUT2D eigenvalue weighted by Gasteiger charge is 2.33. The van der Waals surface area contributed by atoms with Gasteiger partial charge in [-0.2, -0.15) is 13.2 Å². The van der Waals surface area contributed by atoms with E-state index in [1.165, 1.54) is 0 Å². The van der Waals surface area contributed by atoms with Gasteiger partial charge in [0.25, 0.3) is 0 Å². The lowest BCUT2D eigenvalue weighted by Crippen LogP contribution is -2.39. The van der Waals surface area contributed by atoms with Crippen LogP contribution < -0.4 is 20.1 Å². The molecule has 0 saturated carbocycles. The number of alkyl halides is 3. The Morgan fingerprint density at radius 1 is 1.14 bits per heavy atom. The third-order valence-corrected chi connectivity index (χ3v) is 4.78. The highest BCUT2D eigenvalue weighted by Crippen LogP contribution is 2.30. The van der Waals surface area contributed by atoms with Crippen LogP contribution in [0.5, 0.6) is 11.5 Å². The van der Waals surface area contributed by atoms with Gasteiger partial charge in [-0.3, -0.25) is 4.99 Å². The number of ether oxygens (including phenoxy) is 2. The van der Waals surface area contributed by atoms with Crippen LogP contribution in [-0.2, 0) is 19.0 Å². The van der Waals surface area contributed by atoms with Gasteiger partial charge >= 0.3 is 6.18 Å². The molecule has 2 N–H and O–H groups in total. The van der Waals surface area contributed by atoms with Gasteiger partial charge in [0.1, 0.15) is 11.5 Å². The number of hydrogen-bond donors (Lipinski definition) is 2. The van der Waals surface area contributed by atoms with Crippen molar-refractivity contribution in [1.82, 2.24) is 15.6 Å². The van der Waals surface area contributed by atoms with E-state index in [1.54, 1.807) is 21.3 Å². The molecule has 1 aromatic heterocycles. The van der Waals surface area contributed by atoms with E-state index in [0.717, 1.165) is 33.8 Å². The Kier molecular flexibility index (Phi) is 7.91. The molecule has 0 spiro atoms. The number of benzene rings is 1. The molecule has 0 radical (unpaired) electrons. The summed E-state index contributed by atoms with van der Waals surface area (Å²) in [6.07, 6.45) is -3.34. The van der Waals surface area contributed by atoms with E-state index in [9.17, 15) is 13.2 Å². The molecular weight excluding hydrogens is 393 g/mol. The first-order chi connectivity index (χ1) is 13.4. The largest absolute Gasteiger partial charge is 0.497 e. The predicted octanol–water partition coefficient (Wildman–Crippen LogP) is 3.13. The molecule has 0 aliphatic heterocycles. The minimum absolute atomic E-state index is 0.380. The Morgan fingerprint density at radius 2 is 1.86 bits per heavy atom. The molecule has 154 valence electrons. The molecule has 0 fully saturated rings. The van der Waals surface area contributed by atoms with Crippen LogP contribution in [0.15, 0.2) is 28.6 Å². The molecule has 0 bridgehead atoms. The Hall–Kier alpha value is -2.49. The van der Waals surface area contributed by atoms with Crippen LogP contribution in [-0.4, -0.2) is 45.3 Å². The molecule has 28 heavy (non-hydrogen) atoms. The molecule has 2 rings (SSSR count). The van der Waals surface area contributed by atoms with Crippen molar-refractivity contribution in [2.45, 2.75) is 19.0 Å². The average molecular weight is 416 g/mol. The van der Waals surface area contributed by atoms with E-state index in [1.807, 2.05) is 18.2 Å². The number of rotatable bonds is 8. The second-order valence-electron chi connectivity index (χ2n) is 5.73. The van der Waals surface area contributed by atoms with Crippen LogP contribution in [0.4, 0.5) is 13.2 Å². The number of thiazole rings is 1. The van der Waals surface area contributed by atoms with E-state index in [2.05, 4.69) is 20.6 Å². The smallest absolute Gasteiger partial charge is 0.434 e. The summed E-state index contributed by atoms with van der Waals surface area (Å²) < 4.78 is 48.3. The van der Waals surface area contributed by atoms with E-state index in [4.69, 9.17) is 9.47 Å². The lowest BCUT2D eigenvalue weighted by molar-refractivity contribution is -0.140. The molecular formula is C18H23F3N4O2S. The van der Waals surface area contributed by atoms with Gasteiger partial charge in [0, 0.05) is 31.9 Å². The monoisotopic (exact) mass is 416 g/mol. The van der Waals surface area contributed by atoms with Gasteiger partial charge in [0.15, 0.2) is 11.7 Å². The molecule has 0 saturated heterocycles. The SMILES string of the molecule is CN=C(NCCc1nc(C(F)(F)F)cs1)NCCc1cc(OC)ccc1OC. The molecule has 0 aliphatic rings. The zero-order valence-corrected chi connectivity index (χ0v) is 16.7. The van der Waals surface area contributed by atoms with Crippen molar-refractivity contribution in [2.24, 2.45) is 4.99 Å². The molecule has 6 nitrogen and oxygen atoms in total. The first-order valence-electron chi connectivity index (χ1n) is 8.54. The van der Waals surface area contributed by atoms with Crippen molar-refractivity contribution in [1.29, 1.82) is 0 Å². The fourth-order valence-electron chi connectivity index (χ4n) is 2.46. The van der Waals surface area contributed by atoms with Gasteiger partial charge in [-0.25, -0.2) is 4.98 Å². The van der Waals surface area contributed by atoms with Gasteiger partial charge < -0.3 is 20.1 Å². The van der Waals surface area contributed by atoms with Gasteiger partial charge in [-0.1, -0.05) is 0 Å². The summed E-state index contributed by atoms with van der Waals surface area (Å²) in [5, 5.41) is 7.70. The Bertz CT molecular complexity index is 793. The number of hydrogen-bond acceptors (Lipinski definition) is 5. The normalized spacial score (nSPS) is 12.0. The molecule has 0 unspecified atom stereocenters. The summed E-state index contributed by atoms with van der Waals surface area (Å²) in [6.45, 7) is 1.02. The number of methoxy groups -OCH3 is 2. The van der Waals surface area contributed by atoms with E-state index < -0.39 is 11.9 Å². The van der Waals surface area contributed by atoms with Crippen molar-refractivity contribution in [3.63, 3.8) is 0 Å². The van der Waals surface area contributed by atoms with E-state index in [-0.39, 0.29) is 0 Å². The topological polar surface area (TPSA) is 67.8 Å². The van der Waals surface area contributed by atoms with Crippen molar-refractivity contribution < 1.29 is 22.6 Å². The first kappa shape index (κ1) is 21.8. The quantitative estimate of drug-likeness (QED) is 0.511. The van der Waals surface area contributed by atoms with Crippen molar-refractivity contribution >= 4 is 17.3 Å². The summed E-state index contributed by atoms with van der Waals surface area (Å²) in [6, 6.07) is 5.60. The number of halogens is 3. The third kappa shape index (κ3) is 6.29. The van der Waals surface area contributed by atoms with Crippen molar-refractivity contribution in [3.8, 4) is 11.5 Å². The van der Waals surface area contributed by atoms with Crippen LogP contribution in [0.1, 0.15) is 16.3 Å². The molecule has 1 heterocycles. The summed E-state index contributed by atoms with van der Waals surface area (Å²) in [5.74, 6) is 2.09. The van der Waals surface area contributed by atoms with E-state index in [0.29, 0.717) is 36.9 Å². The lowest BCUT2D eigenvalue weighted by atomic mass is 10.1. The van der Waals surface area contributed by atoms with E-state index >= 15 is 0 Å². The fourth-order valence-corrected chi connectivity index (χ4v) is 3.26. The third-order valence-electron chi connectivity index (χ3n) is 3.87. The second kappa shape index (κ2) is 10.2. The zero-order chi connectivity index (χ0) is 20.6. The minimum Gasteiger partial charge on any atom is -0.497 e. The van der Waals surface area contributed by atoms with Crippen LogP contribution in [0.3, 0.4) is 0 Å². The zero-order valence-electron chi connectivity index (χ0n) is 15.9. The maximum absolute atomic E-state index is 12.6. The first-order valence-corrected chi connectivity index (χ1v) is 9.42. The Labute approximate surface area is 165 Å². The predicted molar refractivity (Wildman–Crippen MR) is 103 cm³/mol. The van der Waals surface area contributed by atoms with Gasteiger partial charge in [0.05, 0.1) is 19.2 Å². The second-order valence-corrected chi connectivity index (χ2v) is 6.67. The minimum atomic E-state index is -4.40. The van der Waals surface area contributed by atoms with Crippen molar-refractivity contribution in [2.75, 3.05) is 34.4 Å². The summed E-state index contributed by atoms with van der Waals surface area (Å²) in [7, 11) is 4.85. The Morgan fingerprint density at radius 3 is 2.43 bits per heavy atom. The molecule has 10 heteroatoms. The van der Waals surface area contributed by atoms with Crippen LogP contribution in [0.2, 0.25) is 0 Å². The Balaban J connectivity index is 1.80. The van der Waals surface area contributed by atoms with Crippen LogP contribution in [0.25, 0.3) is 0 Å². The highest BCUT2D eigenvalue weighted by atomic mass is 32.1. The van der Waals surface area contributed by atoms with Gasteiger partial charge in [-0.15, -0.1) is 11.3 Å². The standard InChI is InChI=1S/C18H23F3N4O2S/c1-22-17(24-9-7-16-25-15(11-28-16)18(19,20)21)23-8-6-12-10-13(26-2)4-5-14(12)27-3/h4-5,10-11H,6-9H2,1-3H3,(H2,22,23,24). The molecule has 0 amide bonds. The number of nitrogens with zero attached hydrogens (tertiary/aromatic N) is 2. The molecule has 0 atom stereocenters. The maximum atomic E-state index is 12.6. The van der Waals surface area contributed by atoms with Gasteiger partial charge in [-0.05, 0) is 30.2 Å². The molecule has 0 aliphatic carbocycles. The summed E-state index contributed by atoms with van der Waals surface area (Å²) in [4.78, 5) is 7.72. The molecule has 1 aromatic carbocycles. The van der Waals surface area contributed by atoms with Crippen molar-refractivity contribution in [3.05, 3.63) is 39.8 Å². The maximum Gasteiger partial charge on any atom is 0.434 e. The fraction of sp³-hybridized carbons (Fsp3) is 0.444. The lowest BCUT2D eigenvalue weighted by Gasteiger charge is -2.13. The number of aliphatic imine (C=N–C) groups is 1. The average Bonchev–Trinajstić information content (AvgIpc) is 3.16. The number of guanidine groups is 1. The summed E-state index contributed by atoms with van der Waals surface area (Å²) in [5.41, 5.74) is 0.148. The van der Waals surface area contributed by atoms with Crippen LogP contribution >= 0.6 is 11.3 Å². The van der Waals surface area contributed by atoms with Gasteiger partial charge in [0.2, 0.25) is 0 Å². The molecule has 2 aromatic rings. The number of aromatic nitrogens is 1.